The van der Waals surface area contributed by atoms with Crippen LogP contribution in [0.15, 0.2) is 61.1 Å². The first-order valence-corrected chi connectivity index (χ1v) is 11.3. The third-order valence-corrected chi connectivity index (χ3v) is 7.03. The molecule has 2 aliphatic rings. The maximum Gasteiger partial charge on any atom is 0.261 e. The number of hydrogen-bond acceptors (Lipinski definition) is 4. The second-order valence-electron chi connectivity index (χ2n) is 9.54. The maximum absolute atomic E-state index is 13.1. The van der Waals surface area contributed by atoms with Gasteiger partial charge in [0.25, 0.3) is 11.8 Å². The highest BCUT2D eigenvalue weighted by atomic mass is 16.2. The topological polar surface area (TPSA) is 80.4 Å². The van der Waals surface area contributed by atoms with E-state index in [4.69, 9.17) is 0 Å². The number of aromatic nitrogens is 3. The summed E-state index contributed by atoms with van der Waals surface area (Å²) in [6.45, 7) is 6.42. The molecule has 0 bridgehead atoms. The van der Waals surface area contributed by atoms with Gasteiger partial charge in [0, 0.05) is 41.4 Å². The average Bonchev–Trinajstić information content (AvgIpc) is 3.46. The van der Waals surface area contributed by atoms with E-state index >= 15 is 0 Å². The molecule has 0 radical (unpaired) electrons. The molecule has 3 aromatic heterocycles. The van der Waals surface area contributed by atoms with Crippen molar-refractivity contribution < 1.29 is 9.59 Å². The first kappa shape index (κ1) is 19.9. The van der Waals surface area contributed by atoms with Crippen molar-refractivity contribution in [1.29, 1.82) is 0 Å². The molecule has 33 heavy (non-hydrogen) atoms. The molecule has 0 aliphatic carbocycles. The average molecular weight is 440 g/mol. The third-order valence-electron chi connectivity index (χ3n) is 7.03. The minimum Gasteiger partial charge on any atom is -0.343 e. The molecule has 1 aromatic carbocycles. The number of fused-ring (bicyclic) bond motifs is 2. The smallest absolute Gasteiger partial charge is 0.261 e. The number of imide groups is 1. The Morgan fingerprint density at radius 1 is 1.03 bits per heavy atom. The zero-order chi connectivity index (χ0) is 22.7. The number of para-hydroxylation sites is 1. The normalized spacial score (nSPS) is 20.7. The van der Waals surface area contributed by atoms with Crippen LogP contribution in [0.1, 0.15) is 37.6 Å². The van der Waals surface area contributed by atoms with Crippen molar-refractivity contribution in [3.8, 4) is 0 Å². The molecule has 1 saturated heterocycles. The number of carbonyl (C=O) groups excluding carboxylic acids is 2. The molecule has 1 atom stereocenters. The molecule has 1 fully saturated rings. The first-order valence-electron chi connectivity index (χ1n) is 11.3. The van der Waals surface area contributed by atoms with Crippen molar-refractivity contribution >= 4 is 39.5 Å². The number of imidazole rings is 1. The summed E-state index contributed by atoms with van der Waals surface area (Å²) < 4.78 is 4.16. The van der Waals surface area contributed by atoms with Gasteiger partial charge in [0.1, 0.15) is 5.65 Å². The van der Waals surface area contributed by atoms with Crippen LogP contribution in [0.25, 0.3) is 27.7 Å². The van der Waals surface area contributed by atoms with Crippen LogP contribution in [-0.4, -0.2) is 38.9 Å². The van der Waals surface area contributed by atoms with E-state index in [-0.39, 0.29) is 23.3 Å². The van der Waals surface area contributed by atoms with Gasteiger partial charge in [-0.2, -0.15) is 0 Å². The van der Waals surface area contributed by atoms with E-state index in [9.17, 15) is 9.59 Å². The highest BCUT2D eigenvalue weighted by molar-refractivity contribution is 6.49. The van der Waals surface area contributed by atoms with Crippen LogP contribution in [0.4, 0.5) is 0 Å². The standard InChI is InChI=1S/C26H25N5O2/c1-26(2)15-27-11-10-20(26)31-14-17(16-7-3-4-8-18(16)31)22-23(25(33)29-24(22)32)19-13-28-21-9-5-6-12-30(19)21/h3-9,12-14,20,27H,10-11,15H2,1-2H3,(H,29,32,33). The van der Waals surface area contributed by atoms with Gasteiger partial charge >= 0.3 is 0 Å². The van der Waals surface area contributed by atoms with Crippen molar-refractivity contribution in [1.82, 2.24) is 24.6 Å². The number of benzene rings is 1. The SMILES string of the molecule is CC1(C)CNCCC1n1cc(C2=C(c3cnc4ccccn34)C(=O)NC2=O)c2ccccc21. The Labute approximate surface area is 191 Å². The summed E-state index contributed by atoms with van der Waals surface area (Å²) in [4.78, 5) is 30.6. The van der Waals surface area contributed by atoms with Crippen molar-refractivity contribution in [2.45, 2.75) is 26.3 Å². The van der Waals surface area contributed by atoms with Crippen LogP contribution in [0.5, 0.6) is 0 Å². The number of hydrogen-bond donors (Lipinski definition) is 2. The van der Waals surface area contributed by atoms with Crippen LogP contribution >= 0.6 is 0 Å². The molecule has 7 heteroatoms. The minimum absolute atomic E-state index is 0.0456. The second-order valence-corrected chi connectivity index (χ2v) is 9.54. The van der Waals surface area contributed by atoms with E-state index < -0.39 is 0 Å². The van der Waals surface area contributed by atoms with Crippen LogP contribution in [-0.2, 0) is 9.59 Å². The van der Waals surface area contributed by atoms with Crippen molar-refractivity contribution in [3.05, 3.63) is 72.3 Å². The molecule has 2 N–H and O–H groups in total. The number of piperidine rings is 1. The predicted molar refractivity (Wildman–Crippen MR) is 127 cm³/mol. The van der Waals surface area contributed by atoms with E-state index in [1.165, 1.54) is 0 Å². The molecule has 1 unspecified atom stereocenters. The summed E-state index contributed by atoms with van der Waals surface area (Å²) in [7, 11) is 0. The van der Waals surface area contributed by atoms with E-state index in [2.05, 4.69) is 46.3 Å². The Bertz CT molecular complexity index is 1470. The first-order chi connectivity index (χ1) is 16.0. The molecule has 6 rings (SSSR count). The maximum atomic E-state index is 13.1. The largest absolute Gasteiger partial charge is 0.343 e. The Hall–Kier alpha value is -3.71. The van der Waals surface area contributed by atoms with Gasteiger partial charge in [0.15, 0.2) is 0 Å². The van der Waals surface area contributed by atoms with Gasteiger partial charge in [-0.05, 0) is 36.6 Å². The van der Waals surface area contributed by atoms with Gasteiger partial charge in [0.2, 0.25) is 0 Å². The summed E-state index contributed by atoms with van der Waals surface area (Å²) in [5.74, 6) is -0.756. The number of carbonyl (C=O) groups is 2. The fourth-order valence-electron chi connectivity index (χ4n) is 5.41. The Kier molecular flexibility index (Phi) is 4.32. The van der Waals surface area contributed by atoms with Crippen LogP contribution < -0.4 is 10.6 Å². The number of nitrogens with one attached hydrogen (secondary N) is 2. The fraction of sp³-hybridized carbons (Fsp3) is 0.269. The summed E-state index contributed by atoms with van der Waals surface area (Å²) in [5, 5.41) is 7.00. The molecule has 7 nitrogen and oxygen atoms in total. The Morgan fingerprint density at radius 3 is 2.67 bits per heavy atom. The van der Waals surface area contributed by atoms with Crippen molar-refractivity contribution in [2.75, 3.05) is 13.1 Å². The second kappa shape index (κ2) is 7.15. The lowest BCUT2D eigenvalue weighted by molar-refractivity contribution is -0.122. The molecular weight excluding hydrogens is 414 g/mol. The molecule has 2 aliphatic heterocycles. The molecule has 0 saturated carbocycles. The highest BCUT2D eigenvalue weighted by Crippen LogP contribution is 2.42. The summed E-state index contributed by atoms with van der Waals surface area (Å²) in [6, 6.07) is 14.1. The quantitative estimate of drug-likeness (QED) is 0.480. The number of pyridine rings is 1. The Balaban J connectivity index is 1.62. The van der Waals surface area contributed by atoms with Crippen LogP contribution in [0, 0.1) is 5.41 Å². The summed E-state index contributed by atoms with van der Waals surface area (Å²) in [5.41, 5.74) is 4.02. The third kappa shape index (κ3) is 2.96. The van der Waals surface area contributed by atoms with Crippen LogP contribution in [0.3, 0.4) is 0 Å². The highest BCUT2D eigenvalue weighted by Gasteiger charge is 2.38. The summed E-state index contributed by atoms with van der Waals surface area (Å²) in [6.07, 6.45) is 6.59. The van der Waals surface area contributed by atoms with E-state index in [0.717, 1.165) is 41.6 Å². The van der Waals surface area contributed by atoms with Crippen molar-refractivity contribution in [2.24, 2.45) is 5.41 Å². The lowest BCUT2D eigenvalue weighted by atomic mass is 9.80. The molecule has 166 valence electrons. The number of nitrogens with zero attached hydrogens (tertiary/aromatic N) is 3. The van der Waals surface area contributed by atoms with E-state index in [1.54, 1.807) is 6.20 Å². The monoisotopic (exact) mass is 439 g/mol. The number of amides is 2. The van der Waals surface area contributed by atoms with Gasteiger partial charge in [-0.25, -0.2) is 4.98 Å². The lowest BCUT2D eigenvalue weighted by Gasteiger charge is -2.40. The molecule has 0 spiro atoms. The molecule has 5 heterocycles. The van der Waals surface area contributed by atoms with Crippen LogP contribution in [0.2, 0.25) is 0 Å². The molecular formula is C26H25N5O2. The van der Waals surface area contributed by atoms with Gasteiger partial charge < -0.3 is 9.88 Å². The van der Waals surface area contributed by atoms with Gasteiger partial charge in [0.05, 0.1) is 23.0 Å². The Morgan fingerprint density at radius 2 is 1.82 bits per heavy atom. The van der Waals surface area contributed by atoms with Crippen molar-refractivity contribution in [3.63, 3.8) is 0 Å². The van der Waals surface area contributed by atoms with E-state index in [0.29, 0.717) is 16.8 Å². The zero-order valence-corrected chi connectivity index (χ0v) is 18.6. The number of rotatable bonds is 3. The fourth-order valence-corrected chi connectivity index (χ4v) is 5.41. The van der Waals surface area contributed by atoms with Gasteiger partial charge in [-0.3, -0.25) is 19.3 Å². The lowest BCUT2D eigenvalue weighted by Crippen LogP contribution is -2.43. The summed E-state index contributed by atoms with van der Waals surface area (Å²) >= 11 is 0. The zero-order valence-electron chi connectivity index (χ0n) is 18.6. The molecule has 4 aromatic rings. The minimum atomic E-state index is -0.389. The van der Waals surface area contributed by atoms with Gasteiger partial charge in [-0.1, -0.05) is 38.1 Å². The predicted octanol–water partition coefficient (Wildman–Crippen LogP) is 3.42. The van der Waals surface area contributed by atoms with E-state index in [1.807, 2.05) is 47.0 Å². The molecule has 2 amide bonds. The van der Waals surface area contributed by atoms with Gasteiger partial charge in [-0.15, -0.1) is 0 Å².